The van der Waals surface area contributed by atoms with Crippen molar-refractivity contribution in [2.24, 2.45) is 0 Å². The summed E-state index contributed by atoms with van der Waals surface area (Å²) in [6, 6.07) is 13.4. The second kappa shape index (κ2) is 7.69. The summed E-state index contributed by atoms with van der Waals surface area (Å²) in [6.07, 6.45) is 1.07. The zero-order valence-electron chi connectivity index (χ0n) is 13.4. The van der Waals surface area contributed by atoms with E-state index < -0.39 is 10.0 Å². The molecule has 7 nitrogen and oxygen atoms in total. The van der Waals surface area contributed by atoms with Gasteiger partial charge in [0.2, 0.25) is 10.0 Å². The molecule has 2 amide bonds. The molecular weight excluding hydrogens is 330 g/mol. The first-order chi connectivity index (χ1) is 11.4. The molecule has 2 rings (SSSR count). The number of benzene rings is 2. The van der Waals surface area contributed by atoms with Crippen LogP contribution in [0.25, 0.3) is 0 Å². The average Bonchev–Trinajstić information content (AvgIpc) is 2.53. The number of hydrogen-bond acceptors (Lipinski definition) is 4. The molecule has 0 aliphatic carbocycles. The summed E-state index contributed by atoms with van der Waals surface area (Å²) in [6.45, 7) is 0.323. The fourth-order valence-corrected chi connectivity index (χ4v) is 2.60. The van der Waals surface area contributed by atoms with Gasteiger partial charge in [0.15, 0.2) is 0 Å². The smallest absolute Gasteiger partial charge is 0.319 e. The van der Waals surface area contributed by atoms with Gasteiger partial charge in [0.05, 0.1) is 13.4 Å². The van der Waals surface area contributed by atoms with Gasteiger partial charge in [-0.15, -0.1) is 0 Å². The first-order valence-corrected chi connectivity index (χ1v) is 9.01. The third-order valence-electron chi connectivity index (χ3n) is 3.08. The predicted octanol–water partition coefficient (Wildman–Crippen LogP) is 2.39. The topological polar surface area (TPSA) is 96.5 Å². The van der Waals surface area contributed by atoms with Gasteiger partial charge in [0, 0.05) is 23.5 Å². The van der Waals surface area contributed by atoms with Crippen LogP contribution in [-0.2, 0) is 16.6 Å². The molecule has 0 heterocycles. The Kier molecular flexibility index (Phi) is 5.64. The van der Waals surface area contributed by atoms with E-state index >= 15 is 0 Å². The molecule has 0 aromatic heterocycles. The van der Waals surface area contributed by atoms with Crippen molar-refractivity contribution in [3.05, 3.63) is 54.1 Å². The number of methoxy groups -OCH3 is 1. The lowest BCUT2D eigenvalue weighted by atomic mass is 10.2. The maximum absolute atomic E-state index is 11.9. The van der Waals surface area contributed by atoms with Crippen molar-refractivity contribution in [2.45, 2.75) is 6.54 Å². The molecule has 0 spiro atoms. The molecule has 0 bridgehead atoms. The zero-order chi connectivity index (χ0) is 17.6. The van der Waals surface area contributed by atoms with Crippen LogP contribution in [0.4, 0.5) is 16.2 Å². The van der Waals surface area contributed by atoms with Gasteiger partial charge in [-0.25, -0.2) is 13.2 Å². The number of carbonyl (C=O) groups excluding carboxylic acids is 1. The van der Waals surface area contributed by atoms with Crippen molar-refractivity contribution in [2.75, 3.05) is 23.4 Å². The number of nitrogens with one attached hydrogen (secondary N) is 3. The summed E-state index contributed by atoms with van der Waals surface area (Å²) in [5, 5.41) is 5.41. The minimum atomic E-state index is -3.32. The molecule has 24 heavy (non-hydrogen) atoms. The van der Waals surface area contributed by atoms with E-state index in [1.165, 1.54) is 0 Å². The summed E-state index contributed by atoms with van der Waals surface area (Å²) in [5.74, 6) is 0.703. The lowest BCUT2D eigenvalue weighted by molar-refractivity contribution is 0.251. The first-order valence-electron chi connectivity index (χ1n) is 7.12. The minimum Gasteiger partial charge on any atom is -0.496 e. The van der Waals surface area contributed by atoms with Crippen molar-refractivity contribution in [1.29, 1.82) is 0 Å². The monoisotopic (exact) mass is 349 g/mol. The van der Waals surface area contributed by atoms with Crippen LogP contribution in [0.5, 0.6) is 5.75 Å². The molecule has 0 radical (unpaired) electrons. The molecule has 8 heteroatoms. The molecule has 0 saturated heterocycles. The van der Waals surface area contributed by atoms with Crippen LogP contribution in [0.15, 0.2) is 48.5 Å². The van der Waals surface area contributed by atoms with Crippen LogP contribution in [0.3, 0.4) is 0 Å². The normalized spacial score (nSPS) is 10.8. The van der Waals surface area contributed by atoms with Crippen molar-refractivity contribution in [3.63, 3.8) is 0 Å². The van der Waals surface area contributed by atoms with E-state index in [1.807, 2.05) is 24.3 Å². The molecule has 2 aromatic carbocycles. The van der Waals surface area contributed by atoms with Crippen molar-refractivity contribution >= 4 is 27.4 Å². The van der Waals surface area contributed by atoms with E-state index in [0.717, 1.165) is 11.8 Å². The van der Waals surface area contributed by atoms with Crippen LogP contribution in [0.2, 0.25) is 0 Å². The van der Waals surface area contributed by atoms with E-state index in [2.05, 4.69) is 15.4 Å². The number of urea groups is 1. The second-order valence-corrected chi connectivity index (χ2v) is 6.82. The molecule has 0 aliphatic rings. The van der Waals surface area contributed by atoms with Gasteiger partial charge in [0.25, 0.3) is 0 Å². The summed E-state index contributed by atoms with van der Waals surface area (Å²) in [5.41, 5.74) is 1.84. The molecule has 0 aliphatic heterocycles. The Bertz CT molecular complexity index is 804. The Hall–Kier alpha value is -2.74. The van der Waals surface area contributed by atoms with Gasteiger partial charge in [-0.2, -0.15) is 0 Å². The highest BCUT2D eigenvalue weighted by molar-refractivity contribution is 7.92. The zero-order valence-corrected chi connectivity index (χ0v) is 14.2. The highest BCUT2D eigenvalue weighted by atomic mass is 32.2. The Morgan fingerprint density at radius 1 is 1.04 bits per heavy atom. The van der Waals surface area contributed by atoms with Gasteiger partial charge in [-0.05, 0) is 30.3 Å². The third kappa shape index (κ3) is 5.47. The summed E-state index contributed by atoms with van der Waals surface area (Å²) in [7, 11) is -1.75. The largest absolute Gasteiger partial charge is 0.496 e. The second-order valence-electron chi connectivity index (χ2n) is 5.07. The summed E-state index contributed by atoms with van der Waals surface area (Å²) >= 11 is 0. The van der Waals surface area contributed by atoms with E-state index in [0.29, 0.717) is 23.7 Å². The fourth-order valence-electron chi connectivity index (χ4n) is 2.04. The Balaban J connectivity index is 1.90. The van der Waals surface area contributed by atoms with E-state index in [1.54, 1.807) is 31.4 Å². The van der Waals surface area contributed by atoms with Crippen LogP contribution >= 0.6 is 0 Å². The number of sulfonamides is 1. The SMILES string of the molecule is COc1ccccc1CNC(=O)Nc1ccc(NS(C)(=O)=O)cc1. The molecule has 0 atom stereocenters. The lowest BCUT2D eigenvalue weighted by Gasteiger charge is -2.11. The van der Waals surface area contributed by atoms with Crippen LogP contribution in [-0.4, -0.2) is 27.8 Å². The standard InChI is InChI=1S/C16H19N3O4S/c1-23-15-6-4-3-5-12(15)11-17-16(20)18-13-7-9-14(10-8-13)19-24(2,21)22/h3-10,19H,11H2,1-2H3,(H2,17,18,20). The quantitative estimate of drug-likeness (QED) is 0.746. The maximum Gasteiger partial charge on any atom is 0.319 e. The van der Waals surface area contributed by atoms with Crippen LogP contribution in [0.1, 0.15) is 5.56 Å². The van der Waals surface area contributed by atoms with Gasteiger partial charge in [-0.1, -0.05) is 18.2 Å². The molecule has 128 valence electrons. The van der Waals surface area contributed by atoms with Crippen LogP contribution < -0.4 is 20.1 Å². The van der Waals surface area contributed by atoms with Gasteiger partial charge in [0.1, 0.15) is 5.75 Å². The number of para-hydroxylation sites is 1. The highest BCUT2D eigenvalue weighted by Crippen LogP contribution is 2.17. The van der Waals surface area contributed by atoms with Gasteiger partial charge in [-0.3, -0.25) is 4.72 Å². The van der Waals surface area contributed by atoms with Gasteiger partial charge < -0.3 is 15.4 Å². The first kappa shape index (κ1) is 17.6. The molecule has 0 fully saturated rings. The number of carbonyl (C=O) groups is 1. The Labute approximate surface area is 141 Å². The van der Waals surface area contributed by atoms with Crippen LogP contribution in [0, 0.1) is 0 Å². The van der Waals surface area contributed by atoms with E-state index in [4.69, 9.17) is 4.74 Å². The summed E-state index contributed by atoms with van der Waals surface area (Å²) < 4.78 is 29.8. The van der Waals surface area contributed by atoms with Crippen molar-refractivity contribution < 1.29 is 17.9 Å². The molecule has 2 aromatic rings. The Morgan fingerprint density at radius 2 is 1.67 bits per heavy atom. The molecule has 3 N–H and O–H groups in total. The molecule has 0 saturated carbocycles. The summed E-state index contributed by atoms with van der Waals surface area (Å²) in [4.78, 5) is 11.9. The van der Waals surface area contributed by atoms with Gasteiger partial charge >= 0.3 is 6.03 Å². The number of ether oxygens (including phenoxy) is 1. The van der Waals surface area contributed by atoms with Crippen molar-refractivity contribution in [3.8, 4) is 5.75 Å². The minimum absolute atomic E-state index is 0.323. The lowest BCUT2D eigenvalue weighted by Crippen LogP contribution is -2.28. The Morgan fingerprint density at radius 3 is 2.29 bits per heavy atom. The molecule has 0 unspecified atom stereocenters. The fraction of sp³-hybridized carbons (Fsp3) is 0.188. The van der Waals surface area contributed by atoms with E-state index in [-0.39, 0.29) is 6.03 Å². The predicted molar refractivity (Wildman–Crippen MR) is 93.8 cm³/mol. The number of hydrogen-bond donors (Lipinski definition) is 3. The van der Waals surface area contributed by atoms with E-state index in [9.17, 15) is 13.2 Å². The maximum atomic E-state index is 11.9. The number of rotatable bonds is 6. The third-order valence-corrected chi connectivity index (χ3v) is 3.68. The average molecular weight is 349 g/mol. The molecular formula is C16H19N3O4S. The highest BCUT2D eigenvalue weighted by Gasteiger charge is 2.06. The number of amides is 2. The van der Waals surface area contributed by atoms with Crippen molar-refractivity contribution in [1.82, 2.24) is 5.32 Å². The number of anilines is 2.